The molecule has 1 aromatic carbocycles. The minimum Gasteiger partial charge on any atom is -0.481 e. The van der Waals surface area contributed by atoms with Crippen LogP contribution in [0.25, 0.3) is 10.9 Å². The second-order valence-corrected chi connectivity index (χ2v) is 5.61. The molecule has 0 radical (unpaired) electrons. The fourth-order valence-corrected chi connectivity index (χ4v) is 2.55. The highest BCUT2D eigenvalue weighted by Crippen LogP contribution is 2.19. The first-order valence-corrected chi connectivity index (χ1v) is 7.79. The Morgan fingerprint density at radius 1 is 1.25 bits per heavy atom. The Kier molecular flexibility index (Phi) is 5.95. The maximum Gasteiger partial charge on any atom is 0.303 e. The Bertz CT molecular complexity index is 738. The zero-order chi connectivity index (χ0) is 17.5. The lowest BCUT2D eigenvalue weighted by Gasteiger charge is -2.17. The van der Waals surface area contributed by atoms with Crippen LogP contribution in [0, 0.1) is 0 Å². The average molecular weight is 331 g/mol. The van der Waals surface area contributed by atoms with Crippen molar-refractivity contribution in [2.45, 2.75) is 32.2 Å². The predicted octanol–water partition coefficient (Wildman–Crippen LogP) is 1.20. The molecule has 1 unspecified atom stereocenters. The van der Waals surface area contributed by atoms with Crippen LogP contribution in [0.3, 0.4) is 0 Å². The molecule has 7 heteroatoms. The summed E-state index contributed by atoms with van der Waals surface area (Å²) in [6, 6.07) is 7.03. The van der Waals surface area contributed by atoms with Crippen molar-refractivity contribution in [1.29, 1.82) is 0 Å². The van der Waals surface area contributed by atoms with Crippen LogP contribution in [-0.2, 0) is 20.8 Å². The van der Waals surface area contributed by atoms with Crippen molar-refractivity contribution in [3.05, 3.63) is 36.0 Å². The molecule has 0 spiro atoms. The third-order valence-electron chi connectivity index (χ3n) is 3.66. The molecule has 128 valence electrons. The quantitative estimate of drug-likeness (QED) is 0.545. The summed E-state index contributed by atoms with van der Waals surface area (Å²) >= 11 is 0. The van der Waals surface area contributed by atoms with Gasteiger partial charge < -0.3 is 20.7 Å². The van der Waals surface area contributed by atoms with Crippen LogP contribution in [0.5, 0.6) is 0 Å². The number of aromatic nitrogens is 1. The second-order valence-electron chi connectivity index (χ2n) is 5.61. The Hall–Kier alpha value is -2.83. The van der Waals surface area contributed by atoms with E-state index in [1.807, 2.05) is 30.5 Å². The van der Waals surface area contributed by atoms with Gasteiger partial charge in [0.05, 0.1) is 0 Å². The van der Waals surface area contributed by atoms with Crippen molar-refractivity contribution in [2.75, 3.05) is 6.54 Å². The lowest BCUT2D eigenvalue weighted by Crippen LogP contribution is -2.47. The summed E-state index contributed by atoms with van der Waals surface area (Å²) in [5, 5.41) is 14.9. The topological polar surface area (TPSA) is 111 Å². The zero-order valence-corrected chi connectivity index (χ0v) is 13.5. The van der Waals surface area contributed by atoms with E-state index in [1.165, 1.54) is 6.92 Å². The van der Waals surface area contributed by atoms with Gasteiger partial charge in [-0.3, -0.25) is 14.4 Å². The summed E-state index contributed by atoms with van der Waals surface area (Å²) in [5.41, 5.74) is 1.90. The fraction of sp³-hybridized carbons (Fsp3) is 0.353. The minimum atomic E-state index is -0.901. The molecule has 0 saturated heterocycles. The van der Waals surface area contributed by atoms with Crippen molar-refractivity contribution in [1.82, 2.24) is 15.6 Å². The highest BCUT2D eigenvalue weighted by atomic mass is 16.4. The maximum atomic E-state index is 12.3. The molecule has 4 N–H and O–H groups in total. The van der Waals surface area contributed by atoms with Crippen molar-refractivity contribution in [3.8, 4) is 0 Å². The first-order valence-electron chi connectivity index (χ1n) is 7.79. The summed E-state index contributed by atoms with van der Waals surface area (Å²) in [5.74, 6) is -1.51. The fourth-order valence-electron chi connectivity index (χ4n) is 2.55. The number of carbonyl (C=O) groups is 3. The normalized spacial score (nSPS) is 11.9. The minimum absolute atomic E-state index is 0.00642. The van der Waals surface area contributed by atoms with Gasteiger partial charge >= 0.3 is 5.97 Å². The molecule has 1 aromatic heterocycles. The molecular formula is C17H21N3O4. The number of carboxylic acid groups (broad SMARTS) is 1. The number of fused-ring (bicyclic) bond motifs is 1. The molecule has 2 amide bonds. The number of amides is 2. The van der Waals surface area contributed by atoms with Crippen LogP contribution >= 0.6 is 0 Å². The summed E-state index contributed by atoms with van der Waals surface area (Å²) in [6.45, 7) is 1.62. The summed E-state index contributed by atoms with van der Waals surface area (Å²) < 4.78 is 0. The van der Waals surface area contributed by atoms with Gasteiger partial charge in [-0.15, -0.1) is 0 Å². The maximum absolute atomic E-state index is 12.3. The highest BCUT2D eigenvalue weighted by Gasteiger charge is 2.21. The van der Waals surface area contributed by atoms with Crippen LogP contribution in [-0.4, -0.2) is 40.5 Å². The van der Waals surface area contributed by atoms with Gasteiger partial charge in [-0.25, -0.2) is 0 Å². The van der Waals surface area contributed by atoms with Crippen molar-refractivity contribution in [3.63, 3.8) is 0 Å². The molecule has 0 aliphatic carbocycles. The number of hydrogen-bond acceptors (Lipinski definition) is 3. The molecule has 7 nitrogen and oxygen atoms in total. The molecule has 2 rings (SSSR count). The molecule has 0 saturated carbocycles. The first-order chi connectivity index (χ1) is 11.5. The predicted molar refractivity (Wildman–Crippen MR) is 89.5 cm³/mol. The number of rotatable bonds is 8. The van der Waals surface area contributed by atoms with E-state index in [4.69, 9.17) is 5.11 Å². The number of aliphatic carboxylic acids is 1. The number of H-pyrrole nitrogens is 1. The van der Waals surface area contributed by atoms with Gasteiger partial charge in [0.25, 0.3) is 0 Å². The van der Waals surface area contributed by atoms with E-state index >= 15 is 0 Å². The number of aromatic amines is 1. The van der Waals surface area contributed by atoms with E-state index in [9.17, 15) is 14.4 Å². The molecule has 1 heterocycles. The average Bonchev–Trinajstić information content (AvgIpc) is 2.93. The number of carboxylic acids is 1. The van der Waals surface area contributed by atoms with Gasteiger partial charge in [0.15, 0.2) is 0 Å². The summed E-state index contributed by atoms with van der Waals surface area (Å²) in [7, 11) is 0. The van der Waals surface area contributed by atoms with Gasteiger partial charge in [0, 0.05) is 43.4 Å². The van der Waals surface area contributed by atoms with Crippen LogP contribution in [0.2, 0.25) is 0 Å². The standard InChI is InChI=1S/C17H21N3O4/c1-11(21)20-15(17(24)18-8-4-7-16(22)23)9-12-10-19-14-6-3-2-5-13(12)14/h2-3,5-6,10,15,19H,4,7-9H2,1H3,(H,18,24)(H,20,21)(H,22,23). The van der Waals surface area contributed by atoms with Crippen LogP contribution in [0.4, 0.5) is 0 Å². The summed E-state index contributed by atoms with van der Waals surface area (Å²) in [4.78, 5) is 37.3. The number of hydrogen-bond donors (Lipinski definition) is 4. The lowest BCUT2D eigenvalue weighted by atomic mass is 10.0. The van der Waals surface area contributed by atoms with Gasteiger partial charge in [0.2, 0.25) is 11.8 Å². The highest BCUT2D eigenvalue weighted by molar-refractivity contribution is 5.89. The van der Waals surface area contributed by atoms with Gasteiger partial charge in [-0.1, -0.05) is 18.2 Å². The third kappa shape index (κ3) is 4.84. The van der Waals surface area contributed by atoms with Crippen LogP contribution < -0.4 is 10.6 Å². The van der Waals surface area contributed by atoms with Crippen molar-refractivity contribution in [2.24, 2.45) is 0 Å². The molecule has 0 bridgehead atoms. The largest absolute Gasteiger partial charge is 0.481 e. The molecule has 2 aromatic rings. The van der Waals surface area contributed by atoms with E-state index < -0.39 is 12.0 Å². The summed E-state index contributed by atoms with van der Waals surface area (Å²) in [6.07, 6.45) is 2.53. The number of para-hydroxylation sites is 1. The number of nitrogens with one attached hydrogen (secondary N) is 3. The molecular weight excluding hydrogens is 310 g/mol. The lowest BCUT2D eigenvalue weighted by molar-refractivity contribution is -0.137. The Morgan fingerprint density at radius 2 is 2.00 bits per heavy atom. The van der Waals surface area contributed by atoms with Gasteiger partial charge in [0.1, 0.15) is 6.04 Å². The van der Waals surface area contributed by atoms with E-state index in [1.54, 1.807) is 0 Å². The third-order valence-corrected chi connectivity index (χ3v) is 3.66. The van der Waals surface area contributed by atoms with Gasteiger partial charge in [-0.05, 0) is 18.1 Å². The molecule has 24 heavy (non-hydrogen) atoms. The van der Waals surface area contributed by atoms with Gasteiger partial charge in [-0.2, -0.15) is 0 Å². The first kappa shape index (κ1) is 17.5. The SMILES string of the molecule is CC(=O)NC(Cc1c[nH]c2ccccc12)C(=O)NCCCC(=O)O. The molecule has 0 aliphatic rings. The monoisotopic (exact) mass is 331 g/mol. The second kappa shape index (κ2) is 8.14. The Balaban J connectivity index is 2.03. The van der Waals surface area contributed by atoms with E-state index in [0.717, 1.165) is 16.5 Å². The van der Waals surface area contributed by atoms with E-state index in [2.05, 4.69) is 15.6 Å². The zero-order valence-electron chi connectivity index (χ0n) is 13.5. The van der Waals surface area contributed by atoms with Crippen molar-refractivity contribution < 1.29 is 19.5 Å². The Labute approximate surface area is 139 Å². The number of benzene rings is 1. The number of carbonyl (C=O) groups excluding carboxylic acids is 2. The smallest absolute Gasteiger partial charge is 0.303 e. The van der Waals surface area contributed by atoms with Crippen LogP contribution in [0.1, 0.15) is 25.3 Å². The molecule has 0 aliphatic heterocycles. The van der Waals surface area contributed by atoms with E-state index in [-0.39, 0.29) is 24.8 Å². The van der Waals surface area contributed by atoms with Crippen molar-refractivity contribution >= 4 is 28.7 Å². The molecule has 0 fully saturated rings. The van der Waals surface area contributed by atoms with Crippen LogP contribution in [0.15, 0.2) is 30.5 Å². The Morgan fingerprint density at radius 3 is 2.71 bits per heavy atom. The van der Waals surface area contributed by atoms with E-state index in [0.29, 0.717) is 12.8 Å². The molecule has 1 atom stereocenters.